The van der Waals surface area contributed by atoms with Crippen LogP contribution in [0.1, 0.15) is 20.3 Å². The van der Waals surface area contributed by atoms with E-state index < -0.39 is 11.4 Å². The van der Waals surface area contributed by atoms with Gasteiger partial charge in [0.05, 0.1) is 0 Å². The molecule has 0 aliphatic rings. The minimum Gasteiger partial charge on any atom is -0.480 e. The van der Waals surface area contributed by atoms with E-state index in [1.807, 2.05) is 0 Å². The molecule has 0 aromatic carbocycles. The number of hydrogen-bond acceptors (Lipinski definition) is 1. The molecule has 0 bridgehead atoms. The fourth-order valence-electron chi connectivity index (χ4n) is 0.315. The minimum absolute atomic E-state index is 0.471. The van der Waals surface area contributed by atoms with Crippen LogP contribution < -0.4 is 0 Å². The molecular weight excluding hydrogens is 116 g/mol. The molecule has 2 nitrogen and oxygen atoms in total. The van der Waals surface area contributed by atoms with Crippen LogP contribution >= 0.6 is 0 Å². The molecule has 0 saturated carbocycles. The molecular formula is C7H10O2. The second-order valence-electron chi connectivity index (χ2n) is 2.14. The second kappa shape index (κ2) is 2.54. The Morgan fingerprint density at radius 1 is 1.89 bits per heavy atom. The zero-order chi connectivity index (χ0) is 7.49. The molecule has 0 heterocycles. The van der Waals surface area contributed by atoms with E-state index in [-0.39, 0.29) is 0 Å². The summed E-state index contributed by atoms with van der Waals surface area (Å²) in [5.74, 6) is 1.30. The third kappa shape index (κ3) is 1.46. The van der Waals surface area contributed by atoms with E-state index in [0.717, 1.165) is 0 Å². The van der Waals surface area contributed by atoms with Crippen LogP contribution in [0.3, 0.4) is 0 Å². The normalized spacial score (nSPS) is 15.7. The number of rotatable bonds is 2. The highest BCUT2D eigenvalue weighted by Gasteiger charge is 2.27. The molecule has 50 valence electrons. The van der Waals surface area contributed by atoms with Crippen LogP contribution in [0.2, 0.25) is 0 Å². The molecule has 9 heavy (non-hydrogen) atoms. The lowest BCUT2D eigenvalue weighted by atomic mass is 9.89. The van der Waals surface area contributed by atoms with Crippen LogP contribution in [0.15, 0.2) is 0 Å². The van der Waals surface area contributed by atoms with Gasteiger partial charge in [0.25, 0.3) is 0 Å². The Kier molecular flexibility index (Phi) is 2.27. The van der Waals surface area contributed by atoms with Crippen molar-refractivity contribution in [2.24, 2.45) is 5.41 Å². The van der Waals surface area contributed by atoms with Gasteiger partial charge in [-0.15, -0.1) is 6.42 Å². The van der Waals surface area contributed by atoms with E-state index in [4.69, 9.17) is 11.5 Å². The fourth-order valence-corrected chi connectivity index (χ4v) is 0.315. The molecule has 2 heteroatoms. The van der Waals surface area contributed by atoms with Crippen LogP contribution in [0, 0.1) is 17.8 Å². The molecule has 0 aromatic rings. The molecule has 1 atom stereocenters. The molecule has 1 unspecified atom stereocenters. The maximum Gasteiger partial charge on any atom is 0.321 e. The first-order valence-corrected chi connectivity index (χ1v) is 2.78. The Bertz CT molecular complexity index is 155. The predicted octanol–water partition coefficient (Wildman–Crippen LogP) is 1.12. The molecule has 0 amide bonds. The highest BCUT2D eigenvalue weighted by molar-refractivity contribution is 5.77. The van der Waals surface area contributed by atoms with Gasteiger partial charge >= 0.3 is 5.97 Å². The van der Waals surface area contributed by atoms with Crippen molar-refractivity contribution in [2.75, 3.05) is 0 Å². The summed E-state index contributed by atoms with van der Waals surface area (Å²) in [5, 5.41) is 8.49. The van der Waals surface area contributed by atoms with Crippen molar-refractivity contribution in [3.8, 4) is 12.3 Å². The van der Waals surface area contributed by atoms with Crippen molar-refractivity contribution in [1.82, 2.24) is 0 Å². The molecule has 0 aromatic heterocycles. The number of hydrogen-bond donors (Lipinski definition) is 1. The highest BCUT2D eigenvalue weighted by atomic mass is 16.4. The van der Waals surface area contributed by atoms with Crippen molar-refractivity contribution in [2.45, 2.75) is 20.3 Å². The highest BCUT2D eigenvalue weighted by Crippen LogP contribution is 2.18. The van der Waals surface area contributed by atoms with Gasteiger partial charge in [0.2, 0.25) is 0 Å². The van der Waals surface area contributed by atoms with E-state index in [1.54, 1.807) is 6.92 Å². The maximum atomic E-state index is 10.3. The van der Waals surface area contributed by atoms with Gasteiger partial charge in [-0.3, -0.25) is 4.79 Å². The first-order valence-electron chi connectivity index (χ1n) is 2.78. The Labute approximate surface area is 54.9 Å². The van der Waals surface area contributed by atoms with Gasteiger partial charge in [0.15, 0.2) is 0 Å². The lowest BCUT2D eigenvalue weighted by Crippen LogP contribution is -2.24. The first kappa shape index (κ1) is 8.03. The summed E-state index contributed by atoms with van der Waals surface area (Å²) in [4.78, 5) is 10.3. The predicted molar refractivity (Wildman–Crippen MR) is 34.9 cm³/mol. The summed E-state index contributed by atoms with van der Waals surface area (Å²) in [6, 6.07) is 0. The van der Waals surface area contributed by atoms with Gasteiger partial charge in [0.1, 0.15) is 5.41 Å². The van der Waals surface area contributed by atoms with Gasteiger partial charge in [-0.25, -0.2) is 0 Å². The SMILES string of the molecule is C#CC(C)(CC)C(=O)O. The van der Waals surface area contributed by atoms with Crippen molar-refractivity contribution in [3.63, 3.8) is 0 Å². The second-order valence-corrected chi connectivity index (χ2v) is 2.14. The lowest BCUT2D eigenvalue weighted by molar-refractivity contribution is -0.144. The standard InChI is InChI=1S/C7H10O2/c1-4-7(3,5-2)6(8)9/h1H,5H2,2-3H3,(H,8,9). The van der Waals surface area contributed by atoms with E-state index in [1.165, 1.54) is 6.92 Å². The number of carbonyl (C=O) groups is 1. The van der Waals surface area contributed by atoms with Gasteiger partial charge in [-0.2, -0.15) is 0 Å². The number of aliphatic carboxylic acids is 1. The van der Waals surface area contributed by atoms with Gasteiger partial charge in [-0.1, -0.05) is 12.8 Å². The van der Waals surface area contributed by atoms with Crippen LogP contribution in [0.25, 0.3) is 0 Å². The average Bonchev–Trinajstić information content (AvgIpc) is 1.86. The Balaban J connectivity index is 4.33. The largest absolute Gasteiger partial charge is 0.480 e. The van der Waals surface area contributed by atoms with Crippen molar-refractivity contribution < 1.29 is 9.90 Å². The quantitative estimate of drug-likeness (QED) is 0.563. The van der Waals surface area contributed by atoms with E-state index in [0.29, 0.717) is 6.42 Å². The Hall–Kier alpha value is -0.970. The van der Waals surface area contributed by atoms with Gasteiger partial charge in [-0.05, 0) is 13.3 Å². The topological polar surface area (TPSA) is 37.3 Å². The monoisotopic (exact) mass is 126 g/mol. The summed E-state index contributed by atoms with van der Waals surface area (Å²) in [6.07, 6.45) is 5.46. The fraction of sp³-hybridized carbons (Fsp3) is 0.571. The summed E-state index contributed by atoms with van der Waals surface area (Å²) in [5.41, 5.74) is -0.972. The average molecular weight is 126 g/mol. The van der Waals surface area contributed by atoms with Crippen molar-refractivity contribution in [3.05, 3.63) is 0 Å². The molecule has 0 aliphatic carbocycles. The molecule has 0 spiro atoms. The maximum absolute atomic E-state index is 10.3. The van der Waals surface area contributed by atoms with E-state index in [2.05, 4.69) is 5.92 Å². The van der Waals surface area contributed by atoms with Crippen LogP contribution in [0.4, 0.5) is 0 Å². The van der Waals surface area contributed by atoms with E-state index in [9.17, 15) is 4.79 Å². The molecule has 0 fully saturated rings. The Morgan fingerprint density at radius 2 is 2.33 bits per heavy atom. The first-order chi connectivity index (χ1) is 4.06. The zero-order valence-corrected chi connectivity index (χ0v) is 5.64. The van der Waals surface area contributed by atoms with Crippen LogP contribution in [-0.4, -0.2) is 11.1 Å². The molecule has 0 saturated heterocycles. The number of carboxylic acid groups (broad SMARTS) is 1. The van der Waals surface area contributed by atoms with E-state index >= 15 is 0 Å². The Morgan fingerprint density at radius 3 is 2.33 bits per heavy atom. The summed E-state index contributed by atoms with van der Waals surface area (Å²) < 4.78 is 0. The summed E-state index contributed by atoms with van der Waals surface area (Å²) >= 11 is 0. The lowest BCUT2D eigenvalue weighted by Gasteiger charge is -2.13. The van der Waals surface area contributed by atoms with Crippen LogP contribution in [-0.2, 0) is 4.79 Å². The third-order valence-electron chi connectivity index (χ3n) is 1.50. The van der Waals surface area contributed by atoms with Crippen molar-refractivity contribution >= 4 is 5.97 Å². The van der Waals surface area contributed by atoms with Crippen LogP contribution in [0.5, 0.6) is 0 Å². The molecule has 0 radical (unpaired) electrons. The van der Waals surface area contributed by atoms with Gasteiger partial charge in [0, 0.05) is 0 Å². The number of terminal acetylenes is 1. The van der Waals surface area contributed by atoms with Crippen molar-refractivity contribution in [1.29, 1.82) is 0 Å². The van der Waals surface area contributed by atoms with Gasteiger partial charge < -0.3 is 5.11 Å². The minimum atomic E-state index is -0.972. The summed E-state index contributed by atoms with van der Waals surface area (Å²) in [7, 11) is 0. The molecule has 1 N–H and O–H groups in total. The zero-order valence-electron chi connectivity index (χ0n) is 5.64. The summed E-state index contributed by atoms with van der Waals surface area (Å²) in [6.45, 7) is 3.29. The third-order valence-corrected chi connectivity index (χ3v) is 1.50. The number of carboxylic acids is 1. The molecule has 0 aliphatic heterocycles. The smallest absolute Gasteiger partial charge is 0.321 e. The molecule has 0 rings (SSSR count).